The zero-order chi connectivity index (χ0) is 21.5. The van der Waals surface area contributed by atoms with Gasteiger partial charge in [0.1, 0.15) is 23.0 Å². The minimum absolute atomic E-state index is 0.171. The van der Waals surface area contributed by atoms with Crippen LogP contribution in [-0.4, -0.2) is 48.8 Å². The highest BCUT2D eigenvalue weighted by Gasteiger charge is 2.41. The third-order valence-corrected chi connectivity index (χ3v) is 5.88. The molecule has 0 aliphatic carbocycles. The van der Waals surface area contributed by atoms with Gasteiger partial charge >= 0.3 is 0 Å². The first-order chi connectivity index (χ1) is 14.3. The van der Waals surface area contributed by atoms with Crippen molar-refractivity contribution in [3.8, 4) is 0 Å². The van der Waals surface area contributed by atoms with Crippen molar-refractivity contribution in [2.45, 2.75) is 45.8 Å². The van der Waals surface area contributed by atoms with Crippen molar-refractivity contribution < 1.29 is 18.7 Å². The first-order valence-corrected chi connectivity index (χ1v) is 10.3. The highest BCUT2D eigenvalue weighted by Crippen LogP contribution is 2.36. The molecule has 0 radical (unpaired) electrons. The normalized spacial score (nSPS) is 19.1. The molecule has 3 heterocycles. The van der Waals surface area contributed by atoms with Gasteiger partial charge in [-0.15, -0.1) is 0 Å². The lowest BCUT2D eigenvalue weighted by Crippen LogP contribution is -2.46. The van der Waals surface area contributed by atoms with E-state index in [1.165, 1.54) is 6.07 Å². The number of aryl methyl sites for hydroxylation is 2. The SMILES string of the molecule is CCc1cc(F)c2nc(N3CCC4(CC3)OCCO4)c(C(=O)N=C(C)N)c(C)c2c1. The summed E-state index contributed by atoms with van der Waals surface area (Å²) in [5.41, 5.74) is 7.81. The maximum Gasteiger partial charge on any atom is 0.282 e. The first-order valence-electron chi connectivity index (χ1n) is 10.3. The van der Waals surface area contributed by atoms with Crippen LogP contribution in [0.2, 0.25) is 0 Å². The lowest BCUT2D eigenvalue weighted by atomic mass is 9.98. The minimum Gasteiger partial charge on any atom is -0.387 e. The van der Waals surface area contributed by atoms with Crippen molar-refractivity contribution in [2.24, 2.45) is 10.7 Å². The van der Waals surface area contributed by atoms with Crippen LogP contribution >= 0.6 is 0 Å². The molecule has 2 aromatic rings. The largest absolute Gasteiger partial charge is 0.387 e. The second kappa shape index (κ2) is 7.92. The fourth-order valence-corrected chi connectivity index (χ4v) is 4.27. The molecule has 2 N–H and O–H groups in total. The van der Waals surface area contributed by atoms with E-state index < -0.39 is 11.7 Å². The number of piperidine rings is 1. The lowest BCUT2D eigenvalue weighted by Gasteiger charge is -2.38. The van der Waals surface area contributed by atoms with Gasteiger partial charge in [-0.1, -0.05) is 6.92 Å². The number of nitrogens with two attached hydrogens (primary N) is 1. The summed E-state index contributed by atoms with van der Waals surface area (Å²) in [6.45, 7) is 7.68. The number of pyridine rings is 1. The first kappa shape index (κ1) is 20.7. The van der Waals surface area contributed by atoms with Gasteiger partial charge in [0.15, 0.2) is 5.79 Å². The molecule has 2 aliphatic heterocycles. The molecule has 8 heteroatoms. The topological polar surface area (TPSA) is 90.0 Å². The van der Waals surface area contributed by atoms with Crippen LogP contribution in [-0.2, 0) is 15.9 Å². The Bertz CT molecular complexity index is 1020. The second-order valence-corrected chi connectivity index (χ2v) is 7.92. The second-order valence-electron chi connectivity index (χ2n) is 7.92. The highest BCUT2D eigenvalue weighted by molar-refractivity contribution is 6.09. The predicted molar refractivity (Wildman–Crippen MR) is 114 cm³/mol. The molecular formula is C22H27FN4O3. The summed E-state index contributed by atoms with van der Waals surface area (Å²) in [4.78, 5) is 23.6. The van der Waals surface area contributed by atoms with Gasteiger partial charge in [-0.05, 0) is 43.5 Å². The standard InChI is InChI=1S/C22H27FN4O3/c1-4-15-11-16-13(2)18(21(28)25-14(3)24)20(26-19(16)17(23)12-15)27-7-5-22(6-8-27)29-9-10-30-22/h11-12H,4-10H2,1-3H3,(H2,24,25,28). The van der Waals surface area contributed by atoms with Crippen LogP contribution in [0.15, 0.2) is 17.1 Å². The monoisotopic (exact) mass is 414 g/mol. The molecule has 0 atom stereocenters. The van der Waals surface area contributed by atoms with Crippen LogP contribution in [0.5, 0.6) is 0 Å². The maximum atomic E-state index is 14.9. The van der Waals surface area contributed by atoms with E-state index >= 15 is 0 Å². The van der Waals surface area contributed by atoms with E-state index in [2.05, 4.69) is 9.98 Å². The number of aromatic nitrogens is 1. The number of hydrogen-bond acceptors (Lipinski definition) is 5. The Balaban J connectivity index is 1.83. The van der Waals surface area contributed by atoms with E-state index in [1.54, 1.807) is 6.92 Å². The fourth-order valence-electron chi connectivity index (χ4n) is 4.27. The number of hydrogen-bond donors (Lipinski definition) is 1. The number of amidine groups is 1. The summed E-state index contributed by atoms with van der Waals surface area (Å²) in [5, 5.41) is 0.625. The number of carbonyl (C=O) groups is 1. The number of halogens is 1. The summed E-state index contributed by atoms with van der Waals surface area (Å²) in [6, 6.07) is 3.40. The van der Waals surface area contributed by atoms with E-state index in [0.717, 1.165) is 5.56 Å². The number of rotatable bonds is 3. The zero-order valence-corrected chi connectivity index (χ0v) is 17.6. The maximum absolute atomic E-state index is 14.9. The molecule has 1 spiro atoms. The average Bonchev–Trinajstić information content (AvgIpc) is 3.16. The van der Waals surface area contributed by atoms with Crippen LogP contribution < -0.4 is 10.6 Å². The van der Waals surface area contributed by atoms with Crippen LogP contribution in [0.3, 0.4) is 0 Å². The third kappa shape index (κ3) is 3.65. The molecule has 4 rings (SSSR count). The molecule has 2 saturated heterocycles. The molecule has 1 aromatic heterocycles. The van der Waals surface area contributed by atoms with Crippen LogP contribution in [0, 0.1) is 12.7 Å². The van der Waals surface area contributed by atoms with Crippen molar-refractivity contribution in [1.82, 2.24) is 4.98 Å². The van der Waals surface area contributed by atoms with E-state index in [9.17, 15) is 9.18 Å². The summed E-state index contributed by atoms with van der Waals surface area (Å²) in [7, 11) is 0. The Hall–Kier alpha value is -2.58. The number of anilines is 1. The van der Waals surface area contributed by atoms with Gasteiger partial charge in [-0.3, -0.25) is 4.79 Å². The predicted octanol–water partition coefficient (Wildman–Crippen LogP) is 3.11. The Morgan fingerprint density at radius 3 is 2.57 bits per heavy atom. The molecule has 160 valence electrons. The van der Waals surface area contributed by atoms with Crippen LogP contribution in [0.4, 0.5) is 10.2 Å². The Morgan fingerprint density at radius 1 is 1.30 bits per heavy atom. The minimum atomic E-state index is -0.556. The summed E-state index contributed by atoms with van der Waals surface area (Å²) >= 11 is 0. The molecule has 0 saturated carbocycles. The van der Waals surface area contributed by atoms with Crippen LogP contribution in [0.1, 0.15) is 48.2 Å². The molecule has 2 aliphatic rings. The number of carbonyl (C=O) groups excluding carboxylic acids is 1. The number of nitrogens with zero attached hydrogens (tertiary/aromatic N) is 3. The molecule has 30 heavy (non-hydrogen) atoms. The van der Waals surface area contributed by atoms with Gasteiger partial charge < -0.3 is 20.1 Å². The molecule has 1 amide bonds. The van der Waals surface area contributed by atoms with Gasteiger partial charge in [0.25, 0.3) is 5.91 Å². The van der Waals surface area contributed by atoms with Gasteiger partial charge in [-0.25, -0.2) is 9.37 Å². The smallest absolute Gasteiger partial charge is 0.282 e. The Kier molecular flexibility index (Phi) is 5.46. The van der Waals surface area contributed by atoms with Crippen molar-refractivity contribution in [2.75, 3.05) is 31.2 Å². The number of ether oxygens (including phenoxy) is 2. The van der Waals surface area contributed by atoms with E-state index in [-0.39, 0.29) is 17.2 Å². The van der Waals surface area contributed by atoms with Crippen molar-refractivity contribution in [3.05, 3.63) is 34.6 Å². The lowest BCUT2D eigenvalue weighted by molar-refractivity contribution is -0.169. The highest BCUT2D eigenvalue weighted by atomic mass is 19.1. The zero-order valence-electron chi connectivity index (χ0n) is 17.6. The van der Waals surface area contributed by atoms with Crippen molar-refractivity contribution in [3.63, 3.8) is 0 Å². The number of amides is 1. The third-order valence-electron chi connectivity index (χ3n) is 5.88. The van der Waals surface area contributed by atoms with E-state index in [1.807, 2.05) is 24.8 Å². The Labute approximate surface area is 175 Å². The summed E-state index contributed by atoms with van der Waals surface area (Å²) < 4.78 is 26.5. The number of benzene rings is 1. The van der Waals surface area contributed by atoms with Gasteiger partial charge in [-0.2, -0.15) is 4.99 Å². The molecule has 0 bridgehead atoms. The Morgan fingerprint density at radius 2 is 1.97 bits per heavy atom. The molecular weight excluding hydrogens is 387 g/mol. The number of aliphatic imine (C=N–C) groups is 1. The van der Waals surface area contributed by atoms with Gasteiger partial charge in [0.2, 0.25) is 0 Å². The molecule has 7 nitrogen and oxygen atoms in total. The van der Waals surface area contributed by atoms with Crippen molar-refractivity contribution in [1.29, 1.82) is 0 Å². The van der Waals surface area contributed by atoms with Crippen molar-refractivity contribution >= 4 is 28.5 Å². The van der Waals surface area contributed by atoms with E-state index in [4.69, 9.17) is 15.2 Å². The molecule has 2 fully saturated rings. The van der Waals surface area contributed by atoms with Gasteiger partial charge in [0, 0.05) is 31.3 Å². The quantitative estimate of drug-likeness (QED) is 0.613. The molecule has 1 aromatic carbocycles. The van der Waals surface area contributed by atoms with Gasteiger partial charge in [0.05, 0.1) is 18.8 Å². The van der Waals surface area contributed by atoms with E-state index in [0.29, 0.717) is 67.9 Å². The molecule has 0 unspecified atom stereocenters. The summed E-state index contributed by atoms with van der Waals surface area (Å²) in [6.07, 6.45) is 1.98. The number of fused-ring (bicyclic) bond motifs is 1. The summed E-state index contributed by atoms with van der Waals surface area (Å²) in [5.74, 6) is -0.801. The van der Waals surface area contributed by atoms with Crippen LogP contribution in [0.25, 0.3) is 10.9 Å². The average molecular weight is 414 g/mol. The fraction of sp³-hybridized carbons (Fsp3) is 0.500.